The number of carboxylic acids is 2. The molecule has 2 N–H and O–H groups in total. The molecule has 0 unspecified atom stereocenters. The molecule has 0 saturated carbocycles. The van der Waals surface area contributed by atoms with Gasteiger partial charge in [-0.2, -0.15) is 13.2 Å². The molecule has 22 heavy (non-hydrogen) atoms. The highest BCUT2D eigenvalue weighted by Gasteiger charge is 2.44. The molecule has 0 saturated heterocycles. The van der Waals surface area contributed by atoms with E-state index in [4.69, 9.17) is 10.2 Å². The Kier molecular flexibility index (Phi) is 5.07. The van der Waals surface area contributed by atoms with Crippen LogP contribution in [0.25, 0.3) is 0 Å². The van der Waals surface area contributed by atoms with Crippen LogP contribution < -0.4 is 0 Å². The van der Waals surface area contributed by atoms with E-state index in [-0.39, 0.29) is 0 Å². The molecule has 0 radical (unpaired) electrons. The summed E-state index contributed by atoms with van der Waals surface area (Å²) in [5, 5.41) is 28.4. The molecule has 0 aliphatic rings. The van der Waals surface area contributed by atoms with Gasteiger partial charge in [-0.25, -0.2) is 0 Å². The molecule has 0 aliphatic heterocycles. The first-order valence-electron chi connectivity index (χ1n) is 5.79. The van der Waals surface area contributed by atoms with Crippen molar-refractivity contribution in [1.29, 1.82) is 0 Å². The number of hydrogen-bond donors (Lipinski definition) is 2. The number of carbonyl (C=O) groups is 2. The van der Waals surface area contributed by atoms with E-state index < -0.39 is 52.5 Å². The summed E-state index contributed by atoms with van der Waals surface area (Å²) in [6.45, 7) is -1.25. The topological polar surface area (TPSA) is 118 Å². The average Bonchev–Trinajstić information content (AvgIpc) is 2.35. The third-order valence-electron chi connectivity index (χ3n) is 2.95. The maximum atomic E-state index is 12.9. The van der Waals surface area contributed by atoms with Crippen LogP contribution >= 0.6 is 0 Å². The van der Waals surface area contributed by atoms with Crippen LogP contribution in [0.2, 0.25) is 0 Å². The molecule has 0 aromatic heterocycles. The molecule has 0 fully saturated rings. The van der Waals surface area contributed by atoms with Crippen molar-refractivity contribution in [1.82, 2.24) is 0 Å². The van der Waals surface area contributed by atoms with Crippen LogP contribution in [0, 0.1) is 16.0 Å². The zero-order chi connectivity index (χ0) is 17.1. The van der Waals surface area contributed by atoms with E-state index in [0.717, 1.165) is 18.2 Å². The largest absolute Gasteiger partial charge is 0.481 e. The fraction of sp³-hybridized carbons (Fsp3) is 0.333. The van der Waals surface area contributed by atoms with Crippen molar-refractivity contribution < 1.29 is 37.9 Å². The Morgan fingerprint density at radius 1 is 1.18 bits per heavy atom. The minimum Gasteiger partial charge on any atom is -0.481 e. The van der Waals surface area contributed by atoms with Crippen molar-refractivity contribution in [2.75, 3.05) is 6.54 Å². The SMILES string of the molecule is O=C(O)C(C(=O)O)[C@H](C[N+](=O)[O-])c1ccccc1C(F)(F)F. The molecule has 0 spiro atoms. The zero-order valence-corrected chi connectivity index (χ0v) is 10.8. The Morgan fingerprint density at radius 2 is 1.68 bits per heavy atom. The van der Waals surface area contributed by atoms with Gasteiger partial charge >= 0.3 is 18.1 Å². The minimum atomic E-state index is -4.90. The van der Waals surface area contributed by atoms with E-state index in [0.29, 0.717) is 6.07 Å². The molecule has 1 rings (SSSR count). The van der Waals surface area contributed by atoms with Crippen molar-refractivity contribution in [3.05, 3.63) is 45.5 Å². The number of nitro groups is 1. The number of rotatable bonds is 6. The maximum Gasteiger partial charge on any atom is 0.416 e. The molecule has 120 valence electrons. The van der Waals surface area contributed by atoms with Gasteiger partial charge < -0.3 is 10.2 Å². The molecule has 0 amide bonds. The summed E-state index contributed by atoms with van der Waals surface area (Å²) < 4.78 is 38.8. The van der Waals surface area contributed by atoms with Gasteiger partial charge in [0.1, 0.15) is 0 Å². The highest BCUT2D eigenvalue weighted by atomic mass is 19.4. The van der Waals surface area contributed by atoms with Crippen LogP contribution in [0.4, 0.5) is 13.2 Å². The van der Waals surface area contributed by atoms with Gasteiger partial charge in [-0.1, -0.05) is 18.2 Å². The molecule has 10 heteroatoms. The number of nitrogens with zero attached hydrogens (tertiary/aromatic N) is 1. The second-order valence-corrected chi connectivity index (χ2v) is 4.36. The standard InChI is InChI=1S/C12H10F3NO6/c13-12(14,15)8-4-2-1-3-6(8)7(5-16(21)22)9(10(17)18)11(19)20/h1-4,7,9H,5H2,(H,17,18)(H,19,20)/t7-/m1/s1. The Bertz CT molecular complexity index is 587. The fourth-order valence-corrected chi connectivity index (χ4v) is 2.07. The summed E-state index contributed by atoms with van der Waals surface area (Å²) in [5.74, 6) is -8.22. The number of alkyl halides is 3. The Balaban J connectivity index is 3.50. The third-order valence-corrected chi connectivity index (χ3v) is 2.95. The molecule has 0 heterocycles. The molecule has 0 bridgehead atoms. The molecule has 1 atom stereocenters. The number of carboxylic acid groups (broad SMARTS) is 2. The van der Waals surface area contributed by atoms with Gasteiger partial charge in [-0.15, -0.1) is 0 Å². The summed E-state index contributed by atoms with van der Waals surface area (Å²) in [4.78, 5) is 31.6. The van der Waals surface area contributed by atoms with E-state index in [9.17, 15) is 32.9 Å². The maximum absolute atomic E-state index is 12.9. The van der Waals surface area contributed by atoms with Crippen LogP contribution in [0.3, 0.4) is 0 Å². The Morgan fingerprint density at radius 3 is 2.09 bits per heavy atom. The number of benzene rings is 1. The second kappa shape index (κ2) is 6.41. The lowest BCUT2D eigenvalue weighted by molar-refractivity contribution is -0.484. The molecular weight excluding hydrogens is 311 g/mol. The summed E-state index contributed by atoms with van der Waals surface area (Å²) in [6, 6.07) is 3.60. The number of halogens is 3. The molecular formula is C12H10F3NO6. The van der Waals surface area contributed by atoms with Crippen LogP contribution in [0.5, 0.6) is 0 Å². The first-order valence-corrected chi connectivity index (χ1v) is 5.79. The van der Waals surface area contributed by atoms with Crippen molar-refractivity contribution in [3.8, 4) is 0 Å². The van der Waals surface area contributed by atoms with Crippen LogP contribution in [0.15, 0.2) is 24.3 Å². The van der Waals surface area contributed by atoms with Gasteiger partial charge in [-0.05, 0) is 11.6 Å². The monoisotopic (exact) mass is 321 g/mol. The summed E-state index contributed by atoms with van der Waals surface area (Å²) in [5.41, 5.74) is -2.03. The van der Waals surface area contributed by atoms with E-state index in [1.54, 1.807) is 0 Å². The van der Waals surface area contributed by atoms with Crippen molar-refractivity contribution in [2.45, 2.75) is 12.1 Å². The van der Waals surface area contributed by atoms with Crippen molar-refractivity contribution in [3.63, 3.8) is 0 Å². The van der Waals surface area contributed by atoms with Crippen molar-refractivity contribution >= 4 is 11.9 Å². The first-order chi connectivity index (χ1) is 10.1. The quantitative estimate of drug-likeness (QED) is 0.469. The van der Waals surface area contributed by atoms with Gasteiger partial charge in [0, 0.05) is 4.92 Å². The normalized spacial score (nSPS) is 12.9. The highest BCUT2D eigenvalue weighted by Crippen LogP contribution is 2.38. The van der Waals surface area contributed by atoms with Gasteiger partial charge in [0.05, 0.1) is 11.5 Å². The smallest absolute Gasteiger partial charge is 0.416 e. The average molecular weight is 321 g/mol. The predicted molar refractivity (Wildman–Crippen MR) is 64.8 cm³/mol. The van der Waals surface area contributed by atoms with Crippen LogP contribution in [0.1, 0.15) is 17.0 Å². The minimum absolute atomic E-state index is 0.614. The highest BCUT2D eigenvalue weighted by molar-refractivity contribution is 5.94. The summed E-state index contributed by atoms with van der Waals surface area (Å²) >= 11 is 0. The van der Waals surface area contributed by atoms with Gasteiger partial charge in [0.2, 0.25) is 6.54 Å². The van der Waals surface area contributed by atoms with E-state index in [1.807, 2.05) is 0 Å². The van der Waals surface area contributed by atoms with E-state index >= 15 is 0 Å². The third kappa shape index (κ3) is 3.93. The molecule has 1 aromatic rings. The molecule has 1 aromatic carbocycles. The fourth-order valence-electron chi connectivity index (χ4n) is 2.07. The van der Waals surface area contributed by atoms with Crippen LogP contribution in [-0.2, 0) is 15.8 Å². The van der Waals surface area contributed by atoms with Crippen LogP contribution in [-0.4, -0.2) is 33.6 Å². The lowest BCUT2D eigenvalue weighted by Gasteiger charge is -2.21. The molecule has 7 nitrogen and oxygen atoms in total. The van der Waals surface area contributed by atoms with Gasteiger partial charge in [-0.3, -0.25) is 19.7 Å². The molecule has 0 aliphatic carbocycles. The van der Waals surface area contributed by atoms with Gasteiger partial charge in [0.25, 0.3) is 0 Å². The van der Waals surface area contributed by atoms with Gasteiger partial charge in [0.15, 0.2) is 5.92 Å². The number of hydrogen-bond acceptors (Lipinski definition) is 4. The first kappa shape index (κ1) is 17.4. The summed E-state index contributed by atoms with van der Waals surface area (Å²) in [7, 11) is 0. The zero-order valence-electron chi connectivity index (χ0n) is 10.8. The lowest BCUT2D eigenvalue weighted by atomic mass is 9.83. The van der Waals surface area contributed by atoms with Crippen molar-refractivity contribution in [2.24, 2.45) is 5.92 Å². The van der Waals surface area contributed by atoms with E-state index in [1.165, 1.54) is 0 Å². The Labute approximate surface area is 121 Å². The number of aliphatic carboxylic acids is 2. The lowest BCUT2D eigenvalue weighted by Crippen LogP contribution is -2.34. The second-order valence-electron chi connectivity index (χ2n) is 4.36. The summed E-state index contributed by atoms with van der Waals surface area (Å²) in [6.07, 6.45) is -4.90. The van der Waals surface area contributed by atoms with E-state index in [2.05, 4.69) is 0 Å². The Hall–Kier alpha value is -2.65. The predicted octanol–water partition coefficient (Wildman–Crippen LogP) is 1.85.